The summed E-state index contributed by atoms with van der Waals surface area (Å²) in [6.07, 6.45) is -2.55. The fourth-order valence-corrected chi connectivity index (χ4v) is 5.80. The fourth-order valence-electron chi connectivity index (χ4n) is 4.80. The van der Waals surface area contributed by atoms with Crippen LogP contribution < -0.4 is 0 Å². The number of benzene rings is 1. The summed E-state index contributed by atoms with van der Waals surface area (Å²) in [5, 5.41) is 20.1. The van der Waals surface area contributed by atoms with Gasteiger partial charge < -0.3 is 9.74 Å². The van der Waals surface area contributed by atoms with Gasteiger partial charge in [-0.05, 0) is 31.4 Å². The Balaban J connectivity index is 1.17. The second-order valence-corrected chi connectivity index (χ2v) is 10.2. The van der Waals surface area contributed by atoms with Crippen LogP contribution in [-0.2, 0) is 28.8 Å². The molecule has 0 N–H and O–H groups in total. The number of amides is 1. The van der Waals surface area contributed by atoms with Crippen LogP contribution in [0.25, 0.3) is 0 Å². The molecule has 2 aliphatic rings. The summed E-state index contributed by atoms with van der Waals surface area (Å²) in [7, 11) is 0. The van der Waals surface area contributed by atoms with Gasteiger partial charge in [0.25, 0.3) is 0 Å². The molecule has 4 heterocycles. The fraction of sp³-hybridized carbons (Fsp3) is 0.423. The van der Waals surface area contributed by atoms with E-state index >= 15 is 0 Å². The van der Waals surface area contributed by atoms with Crippen molar-refractivity contribution in [1.82, 2.24) is 19.7 Å². The Morgan fingerprint density at radius 1 is 1.26 bits per heavy atom. The van der Waals surface area contributed by atoms with Gasteiger partial charge >= 0.3 is 6.18 Å². The van der Waals surface area contributed by atoms with Crippen LogP contribution in [0.2, 0.25) is 0 Å². The summed E-state index contributed by atoms with van der Waals surface area (Å²) in [5.74, 6) is -0.0560. The van der Waals surface area contributed by atoms with Gasteiger partial charge in [-0.25, -0.2) is 4.98 Å². The summed E-state index contributed by atoms with van der Waals surface area (Å²) in [5.41, 5.74) is 2.27. The van der Waals surface area contributed by atoms with Gasteiger partial charge in [-0.1, -0.05) is 30.3 Å². The quantitative estimate of drug-likeness (QED) is 0.434. The molecule has 1 saturated heterocycles. The van der Waals surface area contributed by atoms with E-state index < -0.39 is 11.9 Å². The second-order valence-electron chi connectivity index (χ2n) is 9.29. The van der Waals surface area contributed by atoms with Crippen molar-refractivity contribution >= 4 is 23.0 Å². The predicted molar refractivity (Wildman–Crippen MR) is 133 cm³/mol. The van der Waals surface area contributed by atoms with E-state index in [0.29, 0.717) is 50.0 Å². The Kier molecular flexibility index (Phi) is 7.21. The van der Waals surface area contributed by atoms with Crippen LogP contribution in [0.3, 0.4) is 0 Å². The maximum atomic E-state index is 13.0. The Morgan fingerprint density at radius 3 is 2.74 bits per heavy atom. The molecule has 2 aliphatic heterocycles. The Labute approximate surface area is 221 Å². The van der Waals surface area contributed by atoms with E-state index in [1.54, 1.807) is 29.2 Å². The van der Waals surface area contributed by atoms with E-state index in [2.05, 4.69) is 16.3 Å². The zero-order valence-electron chi connectivity index (χ0n) is 20.6. The molecular weight excluding hydrogens is 517 g/mol. The number of nitrogens with zero attached hydrogens (tertiary/aromatic N) is 6. The minimum absolute atomic E-state index is 0.184. The average Bonchev–Trinajstić information content (AvgIpc) is 3.68. The van der Waals surface area contributed by atoms with E-state index in [0.717, 1.165) is 32.7 Å². The number of hydrogen-bond acceptors (Lipinski definition) is 7. The number of hydrogen-bond donors (Lipinski definition) is 0. The Bertz CT molecular complexity index is 1400. The molecule has 1 fully saturated rings. The predicted octanol–water partition coefficient (Wildman–Crippen LogP) is 5.06. The molecule has 1 atom stereocenters. The highest BCUT2D eigenvalue weighted by Gasteiger charge is 2.35. The normalized spacial score (nSPS) is 18.2. The van der Waals surface area contributed by atoms with Crippen molar-refractivity contribution in [3.05, 3.63) is 68.9 Å². The molecule has 5 rings (SSSR count). The monoisotopic (exact) mass is 542 g/mol. The number of carbonyl (C=O) groups excluding carboxylic acids is 1. The first-order chi connectivity index (χ1) is 18.3. The molecule has 12 heteroatoms. The molecule has 0 radical (unpaired) electrons. The lowest BCUT2D eigenvalue weighted by molar-refractivity contribution is -0.142. The van der Waals surface area contributed by atoms with Crippen LogP contribution in [0.15, 0.2) is 40.9 Å². The number of alkyl halides is 3. The van der Waals surface area contributed by atoms with Gasteiger partial charge in [-0.15, -0.1) is 11.3 Å². The van der Waals surface area contributed by atoms with Crippen molar-refractivity contribution < 1.29 is 22.8 Å². The lowest BCUT2D eigenvalue weighted by Crippen LogP contribution is -2.40. The zero-order chi connectivity index (χ0) is 26.9. The SMILES string of the molecule is CCc1cc(C(F)(F)F)nn1CC(=O)N1CCC(c2nc(C3=NOC(c4ccccc4C#N)C3)cs2)CC1. The highest BCUT2D eigenvalue weighted by molar-refractivity contribution is 7.10. The average molecular weight is 543 g/mol. The number of carbonyl (C=O) groups is 1. The summed E-state index contributed by atoms with van der Waals surface area (Å²) in [6.45, 7) is 2.54. The molecule has 2 aromatic heterocycles. The van der Waals surface area contributed by atoms with Gasteiger partial charge in [0.1, 0.15) is 12.3 Å². The molecule has 198 valence electrons. The summed E-state index contributed by atoms with van der Waals surface area (Å²) < 4.78 is 40.3. The molecule has 0 aliphatic carbocycles. The summed E-state index contributed by atoms with van der Waals surface area (Å²) in [6, 6.07) is 10.5. The molecule has 0 bridgehead atoms. The van der Waals surface area contributed by atoms with E-state index in [9.17, 15) is 23.2 Å². The van der Waals surface area contributed by atoms with Crippen LogP contribution in [-0.4, -0.2) is 44.4 Å². The maximum Gasteiger partial charge on any atom is 0.435 e. The lowest BCUT2D eigenvalue weighted by Gasteiger charge is -2.31. The molecule has 1 amide bonds. The molecule has 38 heavy (non-hydrogen) atoms. The van der Waals surface area contributed by atoms with Crippen LogP contribution in [0.1, 0.15) is 71.4 Å². The van der Waals surface area contributed by atoms with Crippen LogP contribution in [0, 0.1) is 11.3 Å². The van der Waals surface area contributed by atoms with Gasteiger partial charge in [-0.3, -0.25) is 9.48 Å². The molecule has 0 spiro atoms. The number of piperidine rings is 1. The third kappa shape index (κ3) is 5.29. The number of rotatable bonds is 6. The van der Waals surface area contributed by atoms with E-state index in [4.69, 9.17) is 9.82 Å². The third-order valence-electron chi connectivity index (χ3n) is 6.91. The number of aryl methyl sites for hydroxylation is 1. The first-order valence-electron chi connectivity index (χ1n) is 12.4. The van der Waals surface area contributed by atoms with Crippen molar-refractivity contribution in [2.75, 3.05) is 13.1 Å². The van der Waals surface area contributed by atoms with Crippen molar-refractivity contribution in [3.8, 4) is 6.07 Å². The minimum atomic E-state index is -4.54. The van der Waals surface area contributed by atoms with Crippen molar-refractivity contribution in [2.45, 2.75) is 57.3 Å². The van der Waals surface area contributed by atoms with Crippen molar-refractivity contribution in [1.29, 1.82) is 5.26 Å². The number of likely N-dealkylation sites (tertiary alicyclic amines) is 1. The first-order valence-corrected chi connectivity index (χ1v) is 13.2. The van der Waals surface area contributed by atoms with Crippen molar-refractivity contribution in [3.63, 3.8) is 0 Å². The largest absolute Gasteiger partial charge is 0.435 e. The zero-order valence-corrected chi connectivity index (χ0v) is 21.4. The summed E-state index contributed by atoms with van der Waals surface area (Å²) in [4.78, 5) is 24.9. The van der Waals surface area contributed by atoms with E-state index in [1.165, 1.54) is 0 Å². The number of nitriles is 1. The molecule has 8 nitrogen and oxygen atoms in total. The first kappa shape index (κ1) is 25.9. The lowest BCUT2D eigenvalue weighted by atomic mass is 9.97. The van der Waals surface area contributed by atoms with Gasteiger partial charge in [0.2, 0.25) is 5.91 Å². The molecule has 1 unspecified atom stereocenters. The maximum absolute atomic E-state index is 13.0. The number of halogens is 3. The number of oxime groups is 1. The van der Waals surface area contributed by atoms with Crippen molar-refractivity contribution in [2.24, 2.45) is 5.16 Å². The van der Waals surface area contributed by atoms with Crippen LogP contribution in [0.4, 0.5) is 13.2 Å². The highest BCUT2D eigenvalue weighted by atomic mass is 32.1. The topological polar surface area (TPSA) is 96.4 Å². The molecule has 0 saturated carbocycles. The standard InChI is InChI=1S/C26H25F3N6O2S/c1-2-18-11-23(26(27,28)29)32-35(18)14-24(36)34-9-7-16(8-10-34)25-31-21(15-38-25)20-12-22(37-33-20)19-6-4-3-5-17(19)13-30/h3-6,11,15-16,22H,2,7-10,12,14H2,1H3. The van der Waals surface area contributed by atoms with E-state index in [-0.39, 0.29) is 24.5 Å². The van der Waals surface area contributed by atoms with Gasteiger partial charge in [0.15, 0.2) is 11.8 Å². The van der Waals surface area contributed by atoms with Crippen LogP contribution >= 0.6 is 11.3 Å². The number of aromatic nitrogens is 3. The molecular formula is C26H25F3N6O2S. The van der Waals surface area contributed by atoms with Gasteiger partial charge in [0.05, 0.1) is 22.3 Å². The number of thiazole rings is 1. The van der Waals surface area contributed by atoms with Gasteiger partial charge in [0, 0.05) is 42.1 Å². The highest BCUT2D eigenvalue weighted by Crippen LogP contribution is 2.35. The Morgan fingerprint density at radius 2 is 2.03 bits per heavy atom. The second kappa shape index (κ2) is 10.6. The van der Waals surface area contributed by atoms with Gasteiger partial charge in [-0.2, -0.15) is 23.5 Å². The smallest absolute Gasteiger partial charge is 0.387 e. The molecule has 3 aromatic rings. The Hall–Kier alpha value is -3.72. The van der Waals surface area contributed by atoms with Crippen LogP contribution in [0.5, 0.6) is 0 Å². The van der Waals surface area contributed by atoms with E-state index in [1.807, 2.05) is 23.6 Å². The minimum Gasteiger partial charge on any atom is -0.387 e. The third-order valence-corrected chi connectivity index (χ3v) is 7.92. The molecule has 1 aromatic carbocycles. The summed E-state index contributed by atoms with van der Waals surface area (Å²) >= 11 is 1.55.